The summed E-state index contributed by atoms with van der Waals surface area (Å²) in [5, 5.41) is 17.3. The highest BCUT2D eigenvalue weighted by Gasteiger charge is 2.23. The van der Waals surface area contributed by atoms with Crippen LogP contribution in [0.4, 0.5) is 0 Å². The number of hydrogen-bond donors (Lipinski definition) is 2. The van der Waals surface area contributed by atoms with Crippen molar-refractivity contribution in [1.82, 2.24) is 4.90 Å². The first-order chi connectivity index (χ1) is 5.36. The minimum absolute atomic E-state index is 0.201. The summed E-state index contributed by atoms with van der Waals surface area (Å²) in [5.74, 6) is 0.841. The maximum atomic E-state index is 8.67. The minimum Gasteiger partial charge on any atom is -0.395 e. The number of aliphatic hydroxyl groups excluding tert-OH is 2. The van der Waals surface area contributed by atoms with Gasteiger partial charge in [-0.2, -0.15) is 0 Å². The molecule has 1 aliphatic carbocycles. The SMILES string of the molecule is OCCN(CCO)CC1CC1. The van der Waals surface area contributed by atoms with Crippen LogP contribution in [0.2, 0.25) is 0 Å². The summed E-state index contributed by atoms with van der Waals surface area (Å²) in [7, 11) is 0. The van der Waals surface area contributed by atoms with Gasteiger partial charge in [0.15, 0.2) is 0 Å². The summed E-state index contributed by atoms with van der Waals surface area (Å²) in [6.07, 6.45) is 2.65. The van der Waals surface area contributed by atoms with Gasteiger partial charge in [0.25, 0.3) is 0 Å². The van der Waals surface area contributed by atoms with Gasteiger partial charge in [-0.15, -0.1) is 0 Å². The Morgan fingerprint density at radius 1 is 1.09 bits per heavy atom. The van der Waals surface area contributed by atoms with Crippen LogP contribution in [-0.2, 0) is 0 Å². The Morgan fingerprint density at radius 3 is 2.00 bits per heavy atom. The van der Waals surface area contributed by atoms with E-state index in [0.29, 0.717) is 13.1 Å². The van der Waals surface area contributed by atoms with Gasteiger partial charge in [-0.3, -0.25) is 4.90 Å². The van der Waals surface area contributed by atoms with Crippen LogP contribution in [0, 0.1) is 5.92 Å². The summed E-state index contributed by atoms with van der Waals surface area (Å²) in [6.45, 7) is 2.87. The molecule has 66 valence electrons. The third kappa shape index (κ3) is 3.70. The highest BCUT2D eigenvalue weighted by atomic mass is 16.3. The Hall–Kier alpha value is -0.120. The summed E-state index contributed by atoms with van der Waals surface area (Å²) in [5.41, 5.74) is 0. The van der Waals surface area contributed by atoms with Crippen LogP contribution in [0.15, 0.2) is 0 Å². The van der Waals surface area contributed by atoms with E-state index in [0.717, 1.165) is 12.5 Å². The molecule has 3 nitrogen and oxygen atoms in total. The molecule has 1 aliphatic rings. The van der Waals surface area contributed by atoms with Crippen molar-refractivity contribution in [1.29, 1.82) is 0 Å². The molecule has 0 radical (unpaired) electrons. The summed E-state index contributed by atoms with van der Waals surface area (Å²) in [6, 6.07) is 0. The molecule has 0 bridgehead atoms. The molecule has 0 aromatic heterocycles. The number of rotatable bonds is 6. The maximum absolute atomic E-state index is 8.67. The van der Waals surface area contributed by atoms with Crippen molar-refractivity contribution in [3.05, 3.63) is 0 Å². The van der Waals surface area contributed by atoms with Crippen molar-refractivity contribution in [3.8, 4) is 0 Å². The molecule has 1 fully saturated rings. The number of hydrogen-bond acceptors (Lipinski definition) is 3. The van der Waals surface area contributed by atoms with Crippen molar-refractivity contribution in [2.45, 2.75) is 12.8 Å². The normalized spacial score (nSPS) is 17.7. The molecule has 0 atom stereocenters. The molecule has 0 aromatic carbocycles. The lowest BCUT2D eigenvalue weighted by molar-refractivity contribution is 0.157. The largest absolute Gasteiger partial charge is 0.395 e. The minimum atomic E-state index is 0.201. The molecule has 11 heavy (non-hydrogen) atoms. The molecule has 0 amide bonds. The van der Waals surface area contributed by atoms with E-state index >= 15 is 0 Å². The Balaban J connectivity index is 2.08. The fraction of sp³-hybridized carbons (Fsp3) is 1.00. The average Bonchev–Trinajstić information content (AvgIpc) is 2.73. The van der Waals surface area contributed by atoms with Gasteiger partial charge in [0.1, 0.15) is 0 Å². The first-order valence-corrected chi connectivity index (χ1v) is 4.31. The van der Waals surface area contributed by atoms with E-state index in [1.165, 1.54) is 12.8 Å². The molecule has 1 rings (SSSR count). The van der Waals surface area contributed by atoms with Crippen LogP contribution in [0.3, 0.4) is 0 Å². The van der Waals surface area contributed by atoms with Gasteiger partial charge in [0.2, 0.25) is 0 Å². The third-order valence-corrected chi connectivity index (χ3v) is 2.05. The van der Waals surface area contributed by atoms with Crippen LogP contribution in [0.1, 0.15) is 12.8 Å². The predicted octanol–water partition coefficient (Wildman–Crippen LogP) is -0.317. The second-order valence-corrected chi connectivity index (χ2v) is 3.19. The first kappa shape index (κ1) is 8.97. The Kier molecular flexibility index (Phi) is 3.83. The van der Waals surface area contributed by atoms with E-state index in [9.17, 15) is 0 Å². The van der Waals surface area contributed by atoms with Crippen molar-refractivity contribution in [2.75, 3.05) is 32.8 Å². The lowest BCUT2D eigenvalue weighted by Gasteiger charge is -2.19. The molecule has 1 saturated carbocycles. The fourth-order valence-electron chi connectivity index (χ4n) is 1.24. The summed E-state index contributed by atoms with van der Waals surface area (Å²) >= 11 is 0. The van der Waals surface area contributed by atoms with Gasteiger partial charge in [-0.25, -0.2) is 0 Å². The van der Waals surface area contributed by atoms with E-state index in [1.807, 2.05) is 0 Å². The topological polar surface area (TPSA) is 43.7 Å². The third-order valence-electron chi connectivity index (χ3n) is 2.05. The molecule has 3 heteroatoms. The highest BCUT2D eigenvalue weighted by molar-refractivity contribution is 4.77. The van der Waals surface area contributed by atoms with E-state index < -0.39 is 0 Å². The maximum Gasteiger partial charge on any atom is 0.0558 e. The van der Waals surface area contributed by atoms with Gasteiger partial charge < -0.3 is 10.2 Å². The molecule has 0 spiro atoms. The molecule has 0 heterocycles. The molecule has 2 N–H and O–H groups in total. The lowest BCUT2D eigenvalue weighted by atomic mass is 10.3. The zero-order chi connectivity index (χ0) is 8.10. The van der Waals surface area contributed by atoms with Crippen molar-refractivity contribution >= 4 is 0 Å². The highest BCUT2D eigenvalue weighted by Crippen LogP contribution is 2.29. The molecular formula is C8H17NO2. The molecule has 0 aliphatic heterocycles. The Bertz CT molecular complexity index is 98.3. The zero-order valence-corrected chi connectivity index (χ0v) is 6.87. The van der Waals surface area contributed by atoms with Gasteiger partial charge in [-0.1, -0.05) is 0 Å². The van der Waals surface area contributed by atoms with Gasteiger partial charge >= 0.3 is 0 Å². The van der Waals surface area contributed by atoms with Crippen molar-refractivity contribution in [3.63, 3.8) is 0 Å². The van der Waals surface area contributed by atoms with Crippen molar-refractivity contribution < 1.29 is 10.2 Å². The average molecular weight is 159 g/mol. The zero-order valence-electron chi connectivity index (χ0n) is 6.87. The number of aliphatic hydroxyl groups is 2. The number of nitrogens with zero attached hydrogens (tertiary/aromatic N) is 1. The van der Waals surface area contributed by atoms with Gasteiger partial charge in [0.05, 0.1) is 13.2 Å². The first-order valence-electron chi connectivity index (χ1n) is 4.31. The molecule has 0 aromatic rings. The van der Waals surface area contributed by atoms with E-state index in [1.54, 1.807) is 0 Å². The van der Waals surface area contributed by atoms with E-state index in [-0.39, 0.29) is 13.2 Å². The Labute approximate surface area is 67.6 Å². The smallest absolute Gasteiger partial charge is 0.0558 e. The van der Waals surface area contributed by atoms with Crippen LogP contribution >= 0.6 is 0 Å². The van der Waals surface area contributed by atoms with Crippen LogP contribution in [0.25, 0.3) is 0 Å². The van der Waals surface area contributed by atoms with Crippen LogP contribution < -0.4 is 0 Å². The second-order valence-electron chi connectivity index (χ2n) is 3.19. The van der Waals surface area contributed by atoms with E-state index in [2.05, 4.69) is 4.90 Å². The van der Waals surface area contributed by atoms with Gasteiger partial charge in [0, 0.05) is 19.6 Å². The van der Waals surface area contributed by atoms with E-state index in [4.69, 9.17) is 10.2 Å². The monoisotopic (exact) mass is 159 g/mol. The lowest BCUT2D eigenvalue weighted by Crippen LogP contribution is -2.31. The quantitative estimate of drug-likeness (QED) is 0.558. The standard InChI is InChI=1S/C8H17NO2/c10-5-3-9(4-6-11)7-8-1-2-8/h8,10-11H,1-7H2. The Morgan fingerprint density at radius 2 is 1.64 bits per heavy atom. The molecule has 0 saturated heterocycles. The van der Waals surface area contributed by atoms with Crippen LogP contribution in [-0.4, -0.2) is 48.0 Å². The summed E-state index contributed by atoms with van der Waals surface area (Å²) < 4.78 is 0. The second kappa shape index (κ2) is 4.70. The van der Waals surface area contributed by atoms with Gasteiger partial charge in [-0.05, 0) is 18.8 Å². The van der Waals surface area contributed by atoms with Crippen molar-refractivity contribution in [2.24, 2.45) is 5.92 Å². The molecular weight excluding hydrogens is 142 g/mol. The molecule has 0 unspecified atom stereocenters. The summed E-state index contributed by atoms with van der Waals surface area (Å²) in [4.78, 5) is 2.12. The fourth-order valence-corrected chi connectivity index (χ4v) is 1.24. The predicted molar refractivity (Wildman–Crippen MR) is 43.3 cm³/mol. The van der Waals surface area contributed by atoms with Crippen LogP contribution in [0.5, 0.6) is 0 Å².